The number of benzene rings is 1. The summed E-state index contributed by atoms with van der Waals surface area (Å²) >= 11 is 1.86. The van der Waals surface area contributed by atoms with Crippen molar-refractivity contribution >= 4 is 34.0 Å². The Balaban J connectivity index is 3.00. The van der Waals surface area contributed by atoms with E-state index < -0.39 is 4.92 Å². The summed E-state index contributed by atoms with van der Waals surface area (Å²) in [6.45, 7) is 0. The molecule has 0 aliphatic carbocycles. The van der Waals surface area contributed by atoms with Gasteiger partial charge in [0.25, 0.3) is 5.69 Å². The third-order valence-electron chi connectivity index (χ3n) is 1.77. The van der Waals surface area contributed by atoms with Crippen molar-refractivity contribution in [3.63, 3.8) is 0 Å². The Hall–Kier alpha value is -2.13. The molecule has 0 bridgehead atoms. The quantitative estimate of drug-likeness (QED) is 0.394. The van der Waals surface area contributed by atoms with E-state index in [0.717, 1.165) is 0 Å². The fourth-order valence-corrected chi connectivity index (χ4v) is 1.52. The van der Waals surface area contributed by atoms with Crippen LogP contribution in [-0.2, 0) is 0 Å². The van der Waals surface area contributed by atoms with Crippen LogP contribution in [0.5, 0.6) is 0 Å². The second-order valence-corrected chi connectivity index (χ2v) is 4.01. The van der Waals surface area contributed by atoms with Gasteiger partial charge in [0.15, 0.2) is 0 Å². The molecule has 7 heteroatoms. The Morgan fingerprint density at radius 1 is 1.47 bits per heavy atom. The van der Waals surface area contributed by atoms with Crippen LogP contribution < -0.4 is 5.32 Å². The van der Waals surface area contributed by atoms with E-state index in [0.29, 0.717) is 9.26 Å². The second-order valence-electron chi connectivity index (χ2n) is 2.85. The maximum absolute atomic E-state index is 10.7. The normalized spacial score (nSPS) is 8.65. The van der Waals surface area contributed by atoms with Gasteiger partial charge >= 0.3 is 0 Å². The van der Waals surface area contributed by atoms with E-state index in [1.165, 1.54) is 12.3 Å². The summed E-state index contributed by atoms with van der Waals surface area (Å²) in [5, 5.41) is 30.3. The molecule has 0 aromatic heterocycles. The molecule has 1 rings (SSSR count). The number of allylic oxidation sites excluding steroid dienone is 1. The highest BCUT2D eigenvalue weighted by Gasteiger charge is 2.11. The van der Waals surface area contributed by atoms with Gasteiger partial charge in [-0.3, -0.25) is 10.1 Å². The van der Waals surface area contributed by atoms with E-state index in [-0.39, 0.29) is 11.3 Å². The third kappa shape index (κ3) is 3.43. The van der Waals surface area contributed by atoms with Crippen molar-refractivity contribution in [2.75, 3.05) is 5.32 Å². The van der Waals surface area contributed by atoms with Crippen LogP contribution in [0, 0.1) is 36.3 Å². The topological polar surface area (TPSA) is 103 Å². The Morgan fingerprint density at radius 3 is 2.65 bits per heavy atom. The fraction of sp³-hybridized carbons (Fsp3) is 0. The minimum absolute atomic E-state index is 0.0283. The second kappa shape index (κ2) is 5.82. The highest BCUT2D eigenvalue weighted by molar-refractivity contribution is 14.1. The van der Waals surface area contributed by atoms with Crippen LogP contribution in [-0.4, -0.2) is 4.92 Å². The summed E-state index contributed by atoms with van der Waals surface area (Å²) in [5.41, 5.74) is 0.311. The summed E-state index contributed by atoms with van der Waals surface area (Å²) in [6.07, 6.45) is 1.20. The lowest BCUT2D eigenvalue weighted by Crippen LogP contribution is -1.95. The van der Waals surface area contributed by atoms with Crippen molar-refractivity contribution in [3.8, 4) is 12.1 Å². The number of rotatable bonds is 3. The van der Waals surface area contributed by atoms with Crippen molar-refractivity contribution in [3.05, 3.63) is 43.7 Å². The number of anilines is 1. The minimum atomic E-state index is -0.494. The highest BCUT2D eigenvalue weighted by Crippen LogP contribution is 2.24. The number of hydrogen-bond acceptors (Lipinski definition) is 5. The maximum atomic E-state index is 10.7. The number of nitrogens with one attached hydrogen (secondary N) is 1. The van der Waals surface area contributed by atoms with Gasteiger partial charge in [-0.25, -0.2) is 0 Å². The van der Waals surface area contributed by atoms with Crippen LogP contribution in [0.25, 0.3) is 0 Å². The molecule has 1 N–H and O–H groups in total. The van der Waals surface area contributed by atoms with Crippen LogP contribution >= 0.6 is 22.6 Å². The molecule has 0 atom stereocenters. The zero-order valence-electron chi connectivity index (χ0n) is 8.35. The molecule has 0 heterocycles. The van der Waals surface area contributed by atoms with Crippen LogP contribution in [0.3, 0.4) is 0 Å². The minimum Gasteiger partial charge on any atom is -0.360 e. The molecule has 0 saturated carbocycles. The first-order valence-corrected chi connectivity index (χ1v) is 5.37. The summed E-state index contributed by atoms with van der Waals surface area (Å²) in [5.74, 6) is 0. The molecule has 17 heavy (non-hydrogen) atoms. The number of nitro benzene ring substituents is 1. The van der Waals surface area contributed by atoms with E-state index in [4.69, 9.17) is 10.5 Å². The SMILES string of the molecule is N#CC(C#N)=CNc1ccc(I)c([N+](=O)[O-])c1. The molecule has 0 spiro atoms. The summed E-state index contributed by atoms with van der Waals surface area (Å²) in [4.78, 5) is 10.2. The molecule has 1 aromatic rings. The zero-order valence-corrected chi connectivity index (χ0v) is 10.5. The van der Waals surface area contributed by atoms with Crippen LogP contribution in [0.15, 0.2) is 30.0 Å². The predicted octanol–water partition coefficient (Wildman–Crippen LogP) is 2.54. The zero-order chi connectivity index (χ0) is 12.8. The number of hydrogen-bond donors (Lipinski definition) is 1. The van der Waals surface area contributed by atoms with E-state index in [1.54, 1.807) is 24.3 Å². The summed E-state index contributed by atoms with van der Waals surface area (Å²) in [7, 11) is 0. The van der Waals surface area contributed by atoms with Crippen molar-refractivity contribution in [2.45, 2.75) is 0 Å². The van der Waals surface area contributed by atoms with Crippen LogP contribution in [0.4, 0.5) is 11.4 Å². The monoisotopic (exact) mass is 340 g/mol. The number of halogens is 1. The Morgan fingerprint density at radius 2 is 2.12 bits per heavy atom. The van der Waals surface area contributed by atoms with Gasteiger partial charge in [0.1, 0.15) is 17.7 Å². The van der Waals surface area contributed by atoms with Gasteiger partial charge in [-0.15, -0.1) is 0 Å². The van der Waals surface area contributed by atoms with E-state index in [2.05, 4.69) is 5.32 Å². The molecule has 0 saturated heterocycles. The molecule has 0 fully saturated rings. The van der Waals surface area contributed by atoms with Gasteiger partial charge in [0.05, 0.1) is 8.49 Å². The first-order chi connectivity index (χ1) is 8.08. The van der Waals surface area contributed by atoms with Crippen molar-refractivity contribution < 1.29 is 4.92 Å². The number of nitrogens with zero attached hydrogens (tertiary/aromatic N) is 3. The van der Waals surface area contributed by atoms with E-state index >= 15 is 0 Å². The molecule has 1 aromatic carbocycles. The lowest BCUT2D eigenvalue weighted by molar-refractivity contribution is -0.385. The fourth-order valence-electron chi connectivity index (χ4n) is 0.987. The molecule has 84 valence electrons. The Kier molecular flexibility index (Phi) is 4.43. The third-order valence-corrected chi connectivity index (χ3v) is 2.68. The predicted molar refractivity (Wildman–Crippen MR) is 68.7 cm³/mol. The summed E-state index contributed by atoms with van der Waals surface area (Å²) in [6, 6.07) is 7.88. The Bertz CT molecular complexity index is 553. The van der Waals surface area contributed by atoms with Gasteiger partial charge in [0.2, 0.25) is 0 Å². The standard InChI is InChI=1S/C10H5IN4O2/c11-9-2-1-8(3-10(9)15(16)17)14-6-7(4-12)5-13/h1-3,6,14H. The average Bonchev–Trinajstić information content (AvgIpc) is 2.32. The molecule has 0 amide bonds. The number of nitriles is 2. The lowest BCUT2D eigenvalue weighted by Gasteiger charge is -2.01. The van der Waals surface area contributed by atoms with Gasteiger partial charge < -0.3 is 5.32 Å². The van der Waals surface area contributed by atoms with Gasteiger partial charge in [-0.1, -0.05) is 0 Å². The van der Waals surface area contributed by atoms with Gasteiger partial charge in [-0.05, 0) is 34.7 Å². The lowest BCUT2D eigenvalue weighted by atomic mass is 10.3. The van der Waals surface area contributed by atoms with Crippen LogP contribution in [0.1, 0.15) is 0 Å². The van der Waals surface area contributed by atoms with Gasteiger partial charge in [0, 0.05) is 18.0 Å². The van der Waals surface area contributed by atoms with E-state index in [1.807, 2.05) is 22.6 Å². The molecule has 0 aliphatic rings. The molecule has 0 unspecified atom stereocenters. The first-order valence-electron chi connectivity index (χ1n) is 4.29. The van der Waals surface area contributed by atoms with Gasteiger partial charge in [-0.2, -0.15) is 10.5 Å². The van der Waals surface area contributed by atoms with Crippen LogP contribution in [0.2, 0.25) is 0 Å². The molecule has 6 nitrogen and oxygen atoms in total. The highest BCUT2D eigenvalue weighted by atomic mass is 127. The van der Waals surface area contributed by atoms with Crippen molar-refractivity contribution in [1.29, 1.82) is 10.5 Å². The molecule has 0 aliphatic heterocycles. The maximum Gasteiger partial charge on any atom is 0.284 e. The largest absolute Gasteiger partial charge is 0.360 e. The first kappa shape index (κ1) is 12.9. The van der Waals surface area contributed by atoms with Crippen molar-refractivity contribution in [1.82, 2.24) is 0 Å². The Labute approximate surface area is 110 Å². The smallest absolute Gasteiger partial charge is 0.284 e. The average molecular weight is 340 g/mol. The van der Waals surface area contributed by atoms with Crippen molar-refractivity contribution in [2.24, 2.45) is 0 Å². The molecular formula is C10H5IN4O2. The molecular weight excluding hydrogens is 335 g/mol. The van der Waals surface area contributed by atoms with E-state index in [9.17, 15) is 10.1 Å². The molecule has 0 radical (unpaired) electrons. The number of nitro groups is 1. The summed E-state index contributed by atoms with van der Waals surface area (Å²) < 4.78 is 0.517.